The lowest BCUT2D eigenvalue weighted by Gasteiger charge is -2.11. The highest BCUT2D eigenvalue weighted by Crippen LogP contribution is 2.16. The van der Waals surface area contributed by atoms with E-state index < -0.39 is 0 Å². The Morgan fingerprint density at radius 1 is 1.15 bits per heavy atom. The highest BCUT2D eigenvalue weighted by atomic mass is 35.5. The van der Waals surface area contributed by atoms with Crippen molar-refractivity contribution in [1.82, 2.24) is 19.7 Å². The van der Waals surface area contributed by atoms with Crippen molar-refractivity contribution in [3.05, 3.63) is 65.8 Å². The summed E-state index contributed by atoms with van der Waals surface area (Å²) in [5.41, 5.74) is 2.15. The number of hydrogen-bond acceptors (Lipinski definition) is 4. The van der Waals surface area contributed by atoms with E-state index in [4.69, 9.17) is 11.6 Å². The first-order valence-corrected chi connectivity index (χ1v) is 6.50. The van der Waals surface area contributed by atoms with E-state index in [0.717, 1.165) is 11.3 Å². The Hall–Kier alpha value is -2.40. The number of para-hydroxylation sites is 1. The number of halogens is 1. The number of nitrogens with zero attached hydrogens (tertiary/aromatic N) is 4. The first-order chi connectivity index (χ1) is 9.83. The maximum absolute atomic E-state index is 5.83. The quantitative estimate of drug-likeness (QED) is 0.749. The summed E-state index contributed by atoms with van der Waals surface area (Å²) in [6, 6.07) is 11.6. The average molecular weight is 286 g/mol. The summed E-state index contributed by atoms with van der Waals surface area (Å²) in [6.45, 7) is 0.628. The number of aromatic nitrogens is 4. The van der Waals surface area contributed by atoms with Crippen LogP contribution in [0.4, 0.5) is 5.82 Å². The van der Waals surface area contributed by atoms with Gasteiger partial charge in [0.05, 0.1) is 5.69 Å². The third-order valence-electron chi connectivity index (χ3n) is 2.84. The second-order valence-electron chi connectivity index (χ2n) is 4.16. The molecule has 0 bridgehead atoms. The molecule has 0 saturated heterocycles. The van der Waals surface area contributed by atoms with Gasteiger partial charge in [0.15, 0.2) is 0 Å². The number of benzene rings is 1. The molecule has 2 heterocycles. The van der Waals surface area contributed by atoms with Gasteiger partial charge in [0, 0.05) is 25.0 Å². The van der Waals surface area contributed by atoms with Crippen LogP contribution in [0.2, 0.25) is 5.15 Å². The fourth-order valence-corrected chi connectivity index (χ4v) is 2.06. The third kappa shape index (κ3) is 2.78. The van der Waals surface area contributed by atoms with Crippen molar-refractivity contribution in [3.8, 4) is 5.69 Å². The van der Waals surface area contributed by atoms with Gasteiger partial charge in [0.1, 0.15) is 17.3 Å². The molecule has 0 saturated carbocycles. The van der Waals surface area contributed by atoms with Crippen LogP contribution in [0.1, 0.15) is 5.56 Å². The first-order valence-electron chi connectivity index (χ1n) is 6.12. The molecule has 0 aliphatic rings. The van der Waals surface area contributed by atoms with Crippen molar-refractivity contribution in [1.29, 1.82) is 0 Å². The molecule has 0 unspecified atom stereocenters. The van der Waals surface area contributed by atoms with Crippen molar-refractivity contribution >= 4 is 17.4 Å². The molecule has 3 aromatic rings. The van der Waals surface area contributed by atoms with E-state index in [-0.39, 0.29) is 0 Å². The number of rotatable bonds is 4. The molecule has 1 aromatic carbocycles. The lowest BCUT2D eigenvalue weighted by Crippen LogP contribution is -2.06. The highest BCUT2D eigenvalue weighted by Gasteiger charge is 2.04. The molecule has 20 heavy (non-hydrogen) atoms. The zero-order valence-electron chi connectivity index (χ0n) is 10.6. The summed E-state index contributed by atoms with van der Waals surface area (Å²) in [5, 5.41) is 7.91. The van der Waals surface area contributed by atoms with E-state index in [0.29, 0.717) is 17.5 Å². The fourth-order valence-electron chi connectivity index (χ4n) is 1.91. The summed E-state index contributed by atoms with van der Waals surface area (Å²) >= 11 is 5.83. The van der Waals surface area contributed by atoms with Gasteiger partial charge < -0.3 is 5.32 Å². The second-order valence-corrected chi connectivity index (χ2v) is 4.55. The third-order valence-corrected chi connectivity index (χ3v) is 3.04. The molecule has 6 heteroatoms. The molecule has 0 atom stereocenters. The summed E-state index contributed by atoms with van der Waals surface area (Å²) in [5.74, 6) is 0.695. The minimum Gasteiger partial charge on any atom is -0.366 e. The Bertz CT molecular complexity index is 696. The molecule has 100 valence electrons. The summed E-state index contributed by atoms with van der Waals surface area (Å²) in [6.07, 6.45) is 5.11. The molecule has 0 spiro atoms. The Balaban J connectivity index is 1.81. The lowest BCUT2D eigenvalue weighted by atomic mass is 10.2. The van der Waals surface area contributed by atoms with E-state index in [2.05, 4.69) is 20.4 Å². The van der Waals surface area contributed by atoms with Gasteiger partial charge in [-0.05, 0) is 17.7 Å². The highest BCUT2D eigenvalue weighted by molar-refractivity contribution is 6.29. The molecule has 3 rings (SSSR count). The number of nitrogens with one attached hydrogen (secondary N) is 1. The second kappa shape index (κ2) is 5.71. The first kappa shape index (κ1) is 12.6. The van der Waals surface area contributed by atoms with Crippen LogP contribution in [0.15, 0.2) is 55.1 Å². The molecule has 5 nitrogen and oxygen atoms in total. The smallest absolute Gasteiger partial charge is 0.134 e. The van der Waals surface area contributed by atoms with Crippen LogP contribution >= 0.6 is 11.6 Å². The van der Waals surface area contributed by atoms with Crippen LogP contribution in [0.25, 0.3) is 5.69 Å². The van der Waals surface area contributed by atoms with Crippen molar-refractivity contribution in [2.75, 3.05) is 5.32 Å². The van der Waals surface area contributed by atoms with E-state index >= 15 is 0 Å². The summed E-state index contributed by atoms with van der Waals surface area (Å²) in [4.78, 5) is 7.97. The molecular weight excluding hydrogens is 274 g/mol. The predicted octanol–water partition coefficient (Wildman–Crippen LogP) is 2.93. The van der Waals surface area contributed by atoms with Gasteiger partial charge >= 0.3 is 0 Å². The molecule has 0 amide bonds. The Kier molecular flexibility index (Phi) is 3.60. The van der Waals surface area contributed by atoms with Gasteiger partial charge in [-0.15, -0.1) is 0 Å². The van der Waals surface area contributed by atoms with E-state index in [1.807, 2.05) is 41.2 Å². The van der Waals surface area contributed by atoms with Crippen molar-refractivity contribution in [2.45, 2.75) is 6.54 Å². The predicted molar refractivity (Wildman–Crippen MR) is 77.9 cm³/mol. The normalized spacial score (nSPS) is 10.4. The standard InChI is InChI=1S/C14H12ClN5/c15-13-8-14(18-10-17-13)16-9-11-4-1-2-5-12(11)20-7-3-6-19-20/h1-8,10H,9H2,(H,16,17,18). The van der Waals surface area contributed by atoms with Crippen LogP contribution in [0.3, 0.4) is 0 Å². The summed E-state index contributed by atoms with van der Waals surface area (Å²) in [7, 11) is 0. The average Bonchev–Trinajstić information content (AvgIpc) is 3.00. The molecule has 2 aromatic heterocycles. The molecule has 0 aliphatic carbocycles. The van der Waals surface area contributed by atoms with Gasteiger partial charge in [-0.2, -0.15) is 5.10 Å². The zero-order chi connectivity index (χ0) is 13.8. The van der Waals surface area contributed by atoms with E-state index in [1.165, 1.54) is 6.33 Å². The maximum Gasteiger partial charge on any atom is 0.134 e. The van der Waals surface area contributed by atoms with Crippen molar-refractivity contribution < 1.29 is 0 Å². The van der Waals surface area contributed by atoms with Crippen LogP contribution < -0.4 is 5.32 Å². The van der Waals surface area contributed by atoms with E-state index in [1.54, 1.807) is 12.3 Å². The van der Waals surface area contributed by atoms with Gasteiger partial charge in [-0.3, -0.25) is 0 Å². The van der Waals surface area contributed by atoms with Gasteiger partial charge in [-0.25, -0.2) is 14.6 Å². The Labute approximate surface area is 121 Å². The van der Waals surface area contributed by atoms with Crippen LogP contribution in [0.5, 0.6) is 0 Å². The topological polar surface area (TPSA) is 55.6 Å². The number of hydrogen-bond donors (Lipinski definition) is 1. The van der Waals surface area contributed by atoms with Gasteiger partial charge in [0.2, 0.25) is 0 Å². The van der Waals surface area contributed by atoms with E-state index in [9.17, 15) is 0 Å². The minimum atomic E-state index is 0.419. The molecule has 1 N–H and O–H groups in total. The number of anilines is 1. The monoisotopic (exact) mass is 285 g/mol. The minimum absolute atomic E-state index is 0.419. The fraction of sp³-hybridized carbons (Fsp3) is 0.0714. The zero-order valence-corrected chi connectivity index (χ0v) is 11.3. The Morgan fingerprint density at radius 2 is 2.05 bits per heavy atom. The van der Waals surface area contributed by atoms with Crippen LogP contribution in [-0.2, 0) is 6.54 Å². The largest absolute Gasteiger partial charge is 0.366 e. The lowest BCUT2D eigenvalue weighted by molar-refractivity contribution is 0.863. The Morgan fingerprint density at radius 3 is 2.85 bits per heavy atom. The van der Waals surface area contributed by atoms with Crippen molar-refractivity contribution in [2.24, 2.45) is 0 Å². The molecule has 0 aliphatic heterocycles. The van der Waals surface area contributed by atoms with Crippen LogP contribution in [0, 0.1) is 0 Å². The molecule has 0 fully saturated rings. The van der Waals surface area contributed by atoms with Crippen LogP contribution in [-0.4, -0.2) is 19.7 Å². The van der Waals surface area contributed by atoms with Gasteiger partial charge in [-0.1, -0.05) is 29.8 Å². The summed E-state index contributed by atoms with van der Waals surface area (Å²) < 4.78 is 1.84. The van der Waals surface area contributed by atoms with Crippen molar-refractivity contribution in [3.63, 3.8) is 0 Å². The SMILES string of the molecule is Clc1cc(NCc2ccccc2-n2cccn2)ncn1. The van der Waals surface area contributed by atoms with Gasteiger partial charge in [0.25, 0.3) is 0 Å². The molecular formula is C14H12ClN5. The maximum atomic E-state index is 5.83. The molecule has 0 radical (unpaired) electrons.